The fraction of sp³-hybridized carbons (Fsp3) is 0.600. The molecule has 76 valence electrons. The Hall–Kier alpha value is -1.32. The highest BCUT2D eigenvalue weighted by Crippen LogP contribution is 2.24. The zero-order valence-corrected chi connectivity index (χ0v) is 8.29. The molecule has 0 aliphatic heterocycles. The number of nitrogens with zero attached hydrogens (tertiary/aromatic N) is 1. The summed E-state index contributed by atoms with van der Waals surface area (Å²) >= 11 is 0. The summed E-state index contributed by atoms with van der Waals surface area (Å²) in [6.07, 6.45) is 6.60. The number of carbonyl (C=O) groups is 1. The standard InChI is InChI=1S/C10H15N3O/c1-7-3-2-4-8(7)13-10(14)9-5-11-6-12-9/h5-8H,2-4H2,1H3,(H,11,12)(H,13,14)/t7-,8-/m0/s1. The highest BCUT2D eigenvalue weighted by atomic mass is 16.1. The van der Waals surface area contributed by atoms with Crippen LogP contribution in [0.25, 0.3) is 0 Å². The van der Waals surface area contributed by atoms with Crippen LogP contribution >= 0.6 is 0 Å². The van der Waals surface area contributed by atoms with Crippen LogP contribution < -0.4 is 5.32 Å². The van der Waals surface area contributed by atoms with Gasteiger partial charge in [0.05, 0.1) is 12.5 Å². The molecule has 1 amide bonds. The van der Waals surface area contributed by atoms with E-state index < -0.39 is 0 Å². The number of imidazole rings is 1. The van der Waals surface area contributed by atoms with Crippen molar-refractivity contribution in [3.05, 3.63) is 18.2 Å². The average Bonchev–Trinajstić information content (AvgIpc) is 2.77. The number of amides is 1. The third-order valence-corrected chi connectivity index (χ3v) is 2.92. The van der Waals surface area contributed by atoms with Crippen LogP contribution in [0.5, 0.6) is 0 Å². The van der Waals surface area contributed by atoms with Crippen molar-refractivity contribution < 1.29 is 4.79 Å². The smallest absolute Gasteiger partial charge is 0.269 e. The van der Waals surface area contributed by atoms with E-state index in [-0.39, 0.29) is 5.91 Å². The number of carbonyl (C=O) groups excluding carboxylic acids is 1. The molecular weight excluding hydrogens is 178 g/mol. The molecule has 4 nitrogen and oxygen atoms in total. The first-order chi connectivity index (χ1) is 6.77. The van der Waals surface area contributed by atoms with Crippen molar-refractivity contribution >= 4 is 5.91 Å². The van der Waals surface area contributed by atoms with Crippen LogP contribution in [0.2, 0.25) is 0 Å². The third-order valence-electron chi connectivity index (χ3n) is 2.92. The van der Waals surface area contributed by atoms with Crippen LogP contribution in [0.15, 0.2) is 12.5 Å². The summed E-state index contributed by atoms with van der Waals surface area (Å²) in [6, 6.07) is 0.339. The number of rotatable bonds is 2. The highest BCUT2D eigenvalue weighted by molar-refractivity contribution is 5.92. The van der Waals surface area contributed by atoms with Gasteiger partial charge in [-0.2, -0.15) is 0 Å². The molecule has 0 aromatic carbocycles. The normalized spacial score (nSPS) is 26.4. The van der Waals surface area contributed by atoms with Crippen molar-refractivity contribution in [1.82, 2.24) is 15.3 Å². The predicted octanol–water partition coefficient (Wildman–Crippen LogP) is 1.33. The zero-order valence-electron chi connectivity index (χ0n) is 8.29. The molecule has 14 heavy (non-hydrogen) atoms. The van der Waals surface area contributed by atoms with Crippen molar-refractivity contribution in [2.24, 2.45) is 5.92 Å². The van der Waals surface area contributed by atoms with Crippen molar-refractivity contribution in [3.63, 3.8) is 0 Å². The van der Waals surface area contributed by atoms with E-state index in [1.165, 1.54) is 19.2 Å². The molecule has 0 radical (unpaired) electrons. The summed E-state index contributed by atoms with van der Waals surface area (Å²) in [7, 11) is 0. The number of hydrogen-bond donors (Lipinski definition) is 2. The van der Waals surface area contributed by atoms with E-state index in [1.807, 2.05) is 0 Å². The van der Waals surface area contributed by atoms with Gasteiger partial charge >= 0.3 is 0 Å². The molecule has 1 heterocycles. The third kappa shape index (κ3) is 1.78. The minimum absolute atomic E-state index is 0.0405. The minimum atomic E-state index is -0.0405. The molecule has 1 aromatic heterocycles. The van der Waals surface area contributed by atoms with Gasteiger partial charge in [0.1, 0.15) is 5.69 Å². The monoisotopic (exact) mass is 193 g/mol. The second-order valence-corrected chi connectivity index (χ2v) is 3.95. The van der Waals surface area contributed by atoms with Crippen LogP contribution in [0.4, 0.5) is 0 Å². The fourth-order valence-electron chi connectivity index (χ4n) is 1.99. The Morgan fingerprint density at radius 3 is 3.07 bits per heavy atom. The minimum Gasteiger partial charge on any atom is -0.348 e. The van der Waals surface area contributed by atoms with Crippen molar-refractivity contribution in [2.45, 2.75) is 32.2 Å². The summed E-state index contributed by atoms with van der Waals surface area (Å²) in [5.41, 5.74) is 0.545. The number of aromatic nitrogens is 2. The largest absolute Gasteiger partial charge is 0.348 e. The van der Waals surface area contributed by atoms with Gasteiger partial charge in [-0.25, -0.2) is 4.98 Å². The van der Waals surface area contributed by atoms with Gasteiger partial charge < -0.3 is 10.3 Å². The lowest BCUT2D eigenvalue weighted by atomic mass is 10.1. The van der Waals surface area contributed by atoms with E-state index in [9.17, 15) is 4.79 Å². The molecule has 1 aliphatic rings. The lowest BCUT2D eigenvalue weighted by molar-refractivity contribution is 0.0925. The lowest BCUT2D eigenvalue weighted by Gasteiger charge is -2.16. The van der Waals surface area contributed by atoms with Gasteiger partial charge in [-0.1, -0.05) is 13.3 Å². The van der Waals surface area contributed by atoms with Gasteiger partial charge in [-0.15, -0.1) is 0 Å². The maximum atomic E-state index is 11.6. The number of aromatic amines is 1. The van der Waals surface area contributed by atoms with Crippen LogP contribution in [0.3, 0.4) is 0 Å². The van der Waals surface area contributed by atoms with E-state index in [2.05, 4.69) is 22.2 Å². The first kappa shape index (κ1) is 9.24. The Balaban J connectivity index is 1.95. The summed E-state index contributed by atoms with van der Waals surface area (Å²) in [6.45, 7) is 2.19. The Morgan fingerprint density at radius 1 is 1.64 bits per heavy atom. The molecule has 1 aliphatic carbocycles. The van der Waals surface area contributed by atoms with Crippen LogP contribution in [0, 0.1) is 5.92 Å². The van der Waals surface area contributed by atoms with Crippen molar-refractivity contribution in [3.8, 4) is 0 Å². The Morgan fingerprint density at radius 2 is 2.50 bits per heavy atom. The van der Waals surface area contributed by atoms with Gasteiger partial charge in [0.25, 0.3) is 5.91 Å². The molecule has 2 N–H and O–H groups in total. The first-order valence-electron chi connectivity index (χ1n) is 5.06. The van der Waals surface area contributed by atoms with Crippen LogP contribution in [0.1, 0.15) is 36.7 Å². The van der Waals surface area contributed by atoms with Gasteiger partial charge in [0, 0.05) is 6.04 Å². The average molecular weight is 193 g/mol. The molecule has 0 bridgehead atoms. The van der Waals surface area contributed by atoms with Gasteiger partial charge in [-0.3, -0.25) is 4.79 Å². The topological polar surface area (TPSA) is 57.8 Å². The maximum Gasteiger partial charge on any atom is 0.269 e. The van der Waals surface area contributed by atoms with E-state index in [1.54, 1.807) is 6.20 Å². The Kier molecular flexibility index (Phi) is 2.52. The lowest BCUT2D eigenvalue weighted by Crippen LogP contribution is -2.36. The molecule has 2 atom stereocenters. The van der Waals surface area contributed by atoms with E-state index >= 15 is 0 Å². The van der Waals surface area contributed by atoms with E-state index in [4.69, 9.17) is 0 Å². The number of H-pyrrole nitrogens is 1. The maximum absolute atomic E-state index is 11.6. The van der Waals surface area contributed by atoms with Crippen molar-refractivity contribution in [1.29, 1.82) is 0 Å². The molecular formula is C10H15N3O. The van der Waals surface area contributed by atoms with Crippen LogP contribution in [-0.2, 0) is 0 Å². The molecule has 0 spiro atoms. The molecule has 1 saturated carbocycles. The van der Waals surface area contributed by atoms with Gasteiger partial charge in [0.2, 0.25) is 0 Å². The molecule has 0 saturated heterocycles. The van der Waals surface area contributed by atoms with Crippen LogP contribution in [-0.4, -0.2) is 21.9 Å². The highest BCUT2D eigenvalue weighted by Gasteiger charge is 2.25. The quantitative estimate of drug-likeness (QED) is 0.744. The van der Waals surface area contributed by atoms with Crippen molar-refractivity contribution in [2.75, 3.05) is 0 Å². The summed E-state index contributed by atoms with van der Waals surface area (Å²) < 4.78 is 0. The molecule has 1 aromatic rings. The molecule has 2 rings (SSSR count). The second kappa shape index (κ2) is 3.82. The first-order valence-corrected chi connectivity index (χ1v) is 5.06. The molecule has 1 fully saturated rings. The van der Waals surface area contributed by atoms with Gasteiger partial charge in [0.15, 0.2) is 0 Å². The number of nitrogens with one attached hydrogen (secondary N) is 2. The summed E-state index contributed by atoms with van der Waals surface area (Å²) in [5, 5.41) is 3.02. The summed E-state index contributed by atoms with van der Waals surface area (Å²) in [4.78, 5) is 18.2. The Labute approximate surface area is 83.1 Å². The SMILES string of the molecule is C[C@H]1CCC[C@@H]1NC(=O)c1cnc[nH]1. The second-order valence-electron chi connectivity index (χ2n) is 3.95. The molecule has 0 unspecified atom stereocenters. The van der Waals surface area contributed by atoms with Gasteiger partial charge in [-0.05, 0) is 18.8 Å². The predicted molar refractivity (Wildman–Crippen MR) is 52.9 cm³/mol. The number of hydrogen-bond acceptors (Lipinski definition) is 2. The molecule has 4 heteroatoms. The summed E-state index contributed by atoms with van der Waals surface area (Å²) in [5.74, 6) is 0.558. The zero-order chi connectivity index (χ0) is 9.97. The van der Waals surface area contributed by atoms with E-state index in [0.29, 0.717) is 17.7 Å². The van der Waals surface area contributed by atoms with E-state index in [0.717, 1.165) is 6.42 Å². The Bertz CT molecular complexity index is 307. The fourth-order valence-corrected chi connectivity index (χ4v) is 1.99.